The number of allylic oxidation sites excluding steroid dienone is 35. The lowest BCUT2D eigenvalue weighted by molar-refractivity contribution is -0.161. The van der Waals surface area contributed by atoms with Gasteiger partial charge in [0.2, 0.25) is 0 Å². The van der Waals surface area contributed by atoms with Crippen LogP contribution in [0.2, 0.25) is 0 Å². The van der Waals surface area contributed by atoms with Crippen molar-refractivity contribution in [2.45, 2.75) is 264 Å². The number of esters is 4. The van der Waals surface area contributed by atoms with Crippen LogP contribution in [0.15, 0.2) is 219 Å². The molecular formula is C87H134O17P2. The smallest absolute Gasteiger partial charge is 0.462 e. The van der Waals surface area contributed by atoms with E-state index in [4.69, 9.17) is 37.0 Å². The van der Waals surface area contributed by atoms with E-state index in [-0.39, 0.29) is 25.7 Å². The first-order chi connectivity index (χ1) is 51.7. The summed E-state index contributed by atoms with van der Waals surface area (Å²) in [6.45, 7) is 4.16. The number of aliphatic hydroxyl groups is 1. The minimum absolute atomic E-state index is 0.00558. The SMILES string of the molecule is CC/C=C\C/C=C\C/C=C\C/C=C\C/C=C\C/C=C\CCC(=O)OCC(COP(=O)(O)OCC(O)COP(=O)(O)OCC(COC(=O)CC/C=C\C/C=C\C/C=C\C/C=C\C/C=C\C/C=C\CC)OC(=O)CCCCCCC/C=C\CCCCCC)OC(=O)C/C=C\C/C=C\C/C=C\C/C=C\C/C=C\CC. The van der Waals surface area contributed by atoms with Crippen molar-refractivity contribution in [2.24, 2.45) is 0 Å². The average Bonchev–Trinajstić information content (AvgIpc) is 0.933. The lowest BCUT2D eigenvalue weighted by Crippen LogP contribution is -2.30. The van der Waals surface area contributed by atoms with Gasteiger partial charge in [0.15, 0.2) is 12.2 Å². The molecule has 17 nitrogen and oxygen atoms in total. The van der Waals surface area contributed by atoms with E-state index in [0.717, 1.165) is 128 Å². The van der Waals surface area contributed by atoms with Gasteiger partial charge in [-0.25, -0.2) is 9.13 Å². The highest BCUT2D eigenvalue weighted by Crippen LogP contribution is 2.45. The second-order valence-electron chi connectivity index (χ2n) is 24.8. The molecule has 106 heavy (non-hydrogen) atoms. The maximum absolute atomic E-state index is 13.1. The molecule has 0 saturated heterocycles. The van der Waals surface area contributed by atoms with Crippen molar-refractivity contribution in [1.29, 1.82) is 0 Å². The molecule has 5 unspecified atom stereocenters. The van der Waals surface area contributed by atoms with Crippen LogP contribution in [-0.2, 0) is 65.4 Å². The fraction of sp³-hybridized carbons (Fsp3) is 0.540. The molecule has 0 spiro atoms. The molecule has 0 aliphatic heterocycles. The summed E-state index contributed by atoms with van der Waals surface area (Å²) in [6.07, 6.45) is 97.1. The van der Waals surface area contributed by atoms with Crippen molar-refractivity contribution in [1.82, 2.24) is 0 Å². The van der Waals surface area contributed by atoms with Gasteiger partial charge in [0, 0.05) is 19.3 Å². The number of hydrogen-bond donors (Lipinski definition) is 3. The van der Waals surface area contributed by atoms with Crippen molar-refractivity contribution in [2.75, 3.05) is 39.6 Å². The predicted molar refractivity (Wildman–Crippen MR) is 435 cm³/mol. The summed E-state index contributed by atoms with van der Waals surface area (Å²) < 4.78 is 68.2. The van der Waals surface area contributed by atoms with E-state index in [1.165, 1.54) is 25.7 Å². The molecule has 0 rings (SSSR count). The lowest BCUT2D eigenvalue weighted by atomic mass is 10.1. The number of carbonyl (C=O) groups is 4. The van der Waals surface area contributed by atoms with Gasteiger partial charge in [0.25, 0.3) is 0 Å². The quantitative estimate of drug-likeness (QED) is 0.0169. The molecular weight excluding hydrogens is 1380 g/mol. The van der Waals surface area contributed by atoms with Gasteiger partial charge in [-0.2, -0.15) is 0 Å². The Bertz CT molecular complexity index is 2880. The predicted octanol–water partition coefficient (Wildman–Crippen LogP) is 22.9. The first-order valence-corrected chi connectivity index (χ1v) is 42.0. The van der Waals surface area contributed by atoms with Gasteiger partial charge in [-0.05, 0) is 154 Å². The van der Waals surface area contributed by atoms with Crippen LogP contribution in [0, 0.1) is 0 Å². The number of aliphatic hydroxyl groups excluding tert-OH is 1. The summed E-state index contributed by atoms with van der Waals surface area (Å²) in [5, 5.41) is 10.6. The van der Waals surface area contributed by atoms with Crippen molar-refractivity contribution in [3.05, 3.63) is 219 Å². The van der Waals surface area contributed by atoms with Crippen LogP contribution >= 0.6 is 15.6 Å². The Balaban J connectivity index is 5.57. The van der Waals surface area contributed by atoms with Crippen LogP contribution in [0.1, 0.15) is 246 Å². The topological polar surface area (TPSA) is 237 Å². The van der Waals surface area contributed by atoms with Gasteiger partial charge in [0.1, 0.15) is 19.3 Å². The van der Waals surface area contributed by atoms with Crippen LogP contribution in [0.3, 0.4) is 0 Å². The van der Waals surface area contributed by atoms with Crippen molar-refractivity contribution in [3.63, 3.8) is 0 Å². The van der Waals surface area contributed by atoms with Gasteiger partial charge < -0.3 is 33.8 Å². The second-order valence-corrected chi connectivity index (χ2v) is 27.7. The molecule has 0 fully saturated rings. The summed E-state index contributed by atoms with van der Waals surface area (Å²) >= 11 is 0. The van der Waals surface area contributed by atoms with Gasteiger partial charge in [-0.1, -0.05) is 285 Å². The summed E-state index contributed by atoms with van der Waals surface area (Å²) in [5.74, 6) is -2.56. The summed E-state index contributed by atoms with van der Waals surface area (Å²) in [6, 6.07) is 0. The number of phosphoric acid groups is 2. The Labute approximate surface area is 639 Å². The molecule has 3 N–H and O–H groups in total. The van der Waals surface area contributed by atoms with Gasteiger partial charge in [-0.15, -0.1) is 0 Å². The van der Waals surface area contributed by atoms with Crippen molar-refractivity contribution in [3.8, 4) is 0 Å². The van der Waals surface area contributed by atoms with Crippen LogP contribution in [-0.4, -0.2) is 96.7 Å². The van der Waals surface area contributed by atoms with Gasteiger partial charge in [0.05, 0.1) is 32.8 Å². The van der Waals surface area contributed by atoms with Gasteiger partial charge in [-0.3, -0.25) is 37.3 Å². The third-order valence-corrected chi connectivity index (χ3v) is 16.9. The van der Waals surface area contributed by atoms with Crippen LogP contribution in [0.5, 0.6) is 0 Å². The Morgan fingerprint density at radius 1 is 0.283 bits per heavy atom. The van der Waals surface area contributed by atoms with E-state index in [2.05, 4.69) is 186 Å². The third-order valence-electron chi connectivity index (χ3n) is 15.0. The van der Waals surface area contributed by atoms with Crippen LogP contribution in [0.25, 0.3) is 0 Å². The molecule has 0 saturated carbocycles. The van der Waals surface area contributed by atoms with E-state index in [0.29, 0.717) is 38.5 Å². The first-order valence-electron chi connectivity index (χ1n) is 39.0. The Hall–Kier alpha value is -6.62. The maximum Gasteiger partial charge on any atom is 0.472 e. The minimum Gasteiger partial charge on any atom is -0.462 e. The third kappa shape index (κ3) is 75.6. The first kappa shape index (κ1) is 99.4. The van der Waals surface area contributed by atoms with E-state index in [1.807, 2.05) is 48.6 Å². The molecule has 0 amide bonds. The van der Waals surface area contributed by atoms with Crippen LogP contribution < -0.4 is 0 Å². The highest BCUT2D eigenvalue weighted by Gasteiger charge is 2.30. The average molecular weight is 1510 g/mol. The molecule has 0 aromatic carbocycles. The minimum atomic E-state index is -5.04. The summed E-state index contributed by atoms with van der Waals surface area (Å²) in [5.41, 5.74) is 0. The Kier molecular flexibility index (Phi) is 71.8. The van der Waals surface area contributed by atoms with E-state index in [9.17, 15) is 43.2 Å². The van der Waals surface area contributed by atoms with Gasteiger partial charge >= 0.3 is 39.5 Å². The van der Waals surface area contributed by atoms with Crippen molar-refractivity contribution >= 4 is 39.5 Å². The lowest BCUT2D eigenvalue weighted by Gasteiger charge is -2.21. The molecule has 0 aromatic heterocycles. The van der Waals surface area contributed by atoms with E-state index in [1.54, 1.807) is 12.2 Å². The molecule has 0 aliphatic rings. The molecule has 0 heterocycles. The fourth-order valence-electron chi connectivity index (χ4n) is 9.16. The molecule has 0 aliphatic carbocycles. The second kappa shape index (κ2) is 76.6. The van der Waals surface area contributed by atoms with Crippen LogP contribution in [0.4, 0.5) is 0 Å². The Morgan fingerprint density at radius 2 is 0.547 bits per heavy atom. The number of ether oxygens (including phenoxy) is 4. The highest BCUT2D eigenvalue weighted by atomic mass is 31.2. The number of hydrogen-bond acceptors (Lipinski definition) is 15. The van der Waals surface area contributed by atoms with E-state index >= 15 is 0 Å². The number of phosphoric ester groups is 2. The zero-order valence-electron chi connectivity index (χ0n) is 64.8. The molecule has 5 atom stereocenters. The van der Waals surface area contributed by atoms with E-state index < -0.39 is 97.5 Å². The molecule has 0 aromatic rings. The zero-order valence-corrected chi connectivity index (χ0v) is 66.5. The van der Waals surface area contributed by atoms with Crippen molar-refractivity contribution < 1.29 is 80.2 Å². The zero-order chi connectivity index (χ0) is 77.4. The summed E-state index contributed by atoms with van der Waals surface area (Å²) in [4.78, 5) is 72.8. The normalized spacial score (nSPS) is 15.0. The molecule has 0 radical (unpaired) electrons. The summed E-state index contributed by atoms with van der Waals surface area (Å²) in [7, 11) is -10.1. The maximum atomic E-state index is 13.1. The number of rotatable bonds is 70. The molecule has 19 heteroatoms. The molecule has 594 valence electrons. The largest absolute Gasteiger partial charge is 0.472 e. The molecule has 0 bridgehead atoms. The fourth-order valence-corrected chi connectivity index (χ4v) is 10.7. The number of unbranched alkanes of at least 4 members (excludes halogenated alkanes) is 9. The standard InChI is InChI=1S/C87H134O17P2/c1-5-9-13-17-21-25-29-33-36-38-40-42-45-48-51-55-59-63-67-71-84(89)97-77-82(103-86(91)73-69-65-61-57-53-47-32-28-24-20-16-12-8-4)79-101-105(93,94)99-75-81(88)76-100-106(95,96)102-80-83(104-87(92)74-70-66-62-58-54-50-44-35-31-27-23-19-15-11-7-3)78-98-85(90)72-68-64-60-56-52-49-46-43-41-39-37-34-30-26-22-18-14-10-6-2/h9-11,13-15,21-23,25-28,32-37,40-44,48-49,51-52,54,58-60,63-64,66,70,81-83,88H,5-8,12,16-20,24,29-31,38-39,45-47,50,53,55-57,61-62,65,67-69,71-80H2,1-4H3,(H,93,94)(H,95,96)/b13-9-,14-10-,15-11-,25-21-,26-22-,27-23-,32-28-,36-33-,37-34-,42-40-,43-41-,44-35-,51-48-,52-49-,58-54-,63-59-,64-60-,70-66-. The Morgan fingerprint density at radius 3 is 0.877 bits per heavy atom. The highest BCUT2D eigenvalue weighted by molar-refractivity contribution is 7.47. The monoisotopic (exact) mass is 1510 g/mol. The number of carbonyl (C=O) groups excluding carboxylic acids is 4.